The molecule has 1 aliphatic heterocycles. The number of hydrogen-bond acceptors (Lipinski definition) is 7. The molecule has 1 atom stereocenters. The Hall–Kier alpha value is -3.42. The summed E-state index contributed by atoms with van der Waals surface area (Å²) in [6.45, 7) is 10.0. The van der Waals surface area contributed by atoms with Crippen LogP contribution in [0.3, 0.4) is 0 Å². The molecule has 3 aromatic rings. The minimum atomic E-state index is -1.16. The third-order valence-electron chi connectivity index (χ3n) is 6.18. The molecule has 1 saturated heterocycles. The fourth-order valence-electron chi connectivity index (χ4n) is 4.15. The lowest BCUT2D eigenvalue weighted by Crippen LogP contribution is -2.37. The molecule has 0 unspecified atom stereocenters. The fraction of sp³-hybridized carbons (Fsp3) is 0.417. The summed E-state index contributed by atoms with van der Waals surface area (Å²) < 4.78 is 6.31. The Morgan fingerprint density at radius 1 is 1.25 bits per heavy atom. The largest absolute Gasteiger partial charge is 0.476 e. The van der Waals surface area contributed by atoms with Gasteiger partial charge in [-0.3, -0.25) is 4.79 Å². The zero-order valence-corrected chi connectivity index (χ0v) is 18.8. The molecule has 1 fully saturated rings. The number of anilines is 2. The van der Waals surface area contributed by atoms with E-state index in [1.165, 1.54) is 6.20 Å². The van der Waals surface area contributed by atoms with Gasteiger partial charge in [0, 0.05) is 24.7 Å². The standard InChI is InChI=1S/C24H28N4O4/c1-14-11-16(15(2)26-18-5-8-25-27-21(18)23(30)31)22-17(12-14)19(29)13-20(32-22)28-9-6-24(3,4)7-10-28/h5,8,11-13,15H,6-7,9-10H2,1-4H3,(H,25,26)(H,30,31)/t15-/m1/s1. The van der Waals surface area contributed by atoms with Crippen LogP contribution in [-0.2, 0) is 0 Å². The normalized spacial score (nSPS) is 16.7. The molecule has 2 N–H and O–H groups in total. The molecular formula is C24H28N4O4. The lowest BCUT2D eigenvalue weighted by Gasteiger charge is -2.37. The van der Waals surface area contributed by atoms with E-state index in [1.54, 1.807) is 12.1 Å². The number of piperidine rings is 1. The van der Waals surface area contributed by atoms with Crippen molar-refractivity contribution in [2.75, 3.05) is 23.3 Å². The number of carboxylic acid groups (broad SMARTS) is 1. The van der Waals surface area contributed by atoms with Crippen molar-refractivity contribution < 1.29 is 14.3 Å². The van der Waals surface area contributed by atoms with Gasteiger partial charge in [0.1, 0.15) is 5.58 Å². The average molecular weight is 437 g/mol. The Morgan fingerprint density at radius 3 is 2.66 bits per heavy atom. The monoisotopic (exact) mass is 436 g/mol. The molecule has 32 heavy (non-hydrogen) atoms. The smallest absolute Gasteiger partial charge is 0.358 e. The van der Waals surface area contributed by atoms with Gasteiger partial charge >= 0.3 is 5.97 Å². The highest BCUT2D eigenvalue weighted by atomic mass is 16.4. The minimum Gasteiger partial charge on any atom is -0.476 e. The fourth-order valence-corrected chi connectivity index (χ4v) is 4.15. The lowest BCUT2D eigenvalue weighted by atomic mass is 9.83. The molecule has 0 bridgehead atoms. The molecular weight excluding hydrogens is 408 g/mol. The van der Waals surface area contributed by atoms with Crippen molar-refractivity contribution in [3.8, 4) is 0 Å². The number of aromatic nitrogens is 2. The first-order valence-electron chi connectivity index (χ1n) is 10.8. The highest BCUT2D eigenvalue weighted by Crippen LogP contribution is 2.34. The summed E-state index contributed by atoms with van der Waals surface area (Å²) in [5, 5.41) is 20.5. The summed E-state index contributed by atoms with van der Waals surface area (Å²) in [7, 11) is 0. The second-order valence-corrected chi connectivity index (χ2v) is 9.30. The number of carbonyl (C=O) groups is 1. The molecule has 0 saturated carbocycles. The van der Waals surface area contributed by atoms with E-state index in [0.29, 0.717) is 22.5 Å². The van der Waals surface area contributed by atoms with Gasteiger partial charge in [-0.25, -0.2) is 4.79 Å². The number of carboxylic acids is 1. The second-order valence-electron chi connectivity index (χ2n) is 9.30. The Kier molecular flexibility index (Phi) is 5.62. The summed E-state index contributed by atoms with van der Waals surface area (Å²) in [4.78, 5) is 26.6. The number of nitrogens with zero attached hydrogens (tertiary/aromatic N) is 3. The van der Waals surface area contributed by atoms with Crippen LogP contribution in [0.1, 0.15) is 61.3 Å². The first-order valence-corrected chi connectivity index (χ1v) is 10.8. The summed E-state index contributed by atoms with van der Waals surface area (Å²) in [5.74, 6) is -0.587. The van der Waals surface area contributed by atoms with Crippen molar-refractivity contribution in [3.05, 3.63) is 57.5 Å². The quantitative estimate of drug-likeness (QED) is 0.606. The van der Waals surface area contributed by atoms with Gasteiger partial charge in [-0.05, 0) is 49.8 Å². The van der Waals surface area contributed by atoms with Crippen LogP contribution in [0.15, 0.2) is 39.7 Å². The number of fused-ring (bicyclic) bond motifs is 1. The van der Waals surface area contributed by atoms with Gasteiger partial charge in [-0.1, -0.05) is 19.9 Å². The molecule has 1 aliphatic rings. The van der Waals surface area contributed by atoms with E-state index in [2.05, 4.69) is 34.3 Å². The van der Waals surface area contributed by atoms with Crippen LogP contribution in [0.2, 0.25) is 0 Å². The van der Waals surface area contributed by atoms with Crippen LogP contribution in [0.4, 0.5) is 11.6 Å². The Bertz CT molecular complexity index is 1220. The minimum absolute atomic E-state index is 0.0833. The molecule has 0 aliphatic carbocycles. The SMILES string of the molecule is Cc1cc([C@@H](C)Nc2ccnnc2C(=O)O)c2oc(N3CCC(C)(C)CC3)cc(=O)c2c1. The van der Waals surface area contributed by atoms with Crippen molar-refractivity contribution in [1.82, 2.24) is 10.2 Å². The third-order valence-corrected chi connectivity index (χ3v) is 6.18. The third kappa shape index (κ3) is 4.30. The highest BCUT2D eigenvalue weighted by Gasteiger charge is 2.27. The number of aromatic carboxylic acids is 1. The molecule has 8 nitrogen and oxygen atoms in total. The van der Waals surface area contributed by atoms with E-state index >= 15 is 0 Å². The van der Waals surface area contributed by atoms with Gasteiger partial charge in [0.15, 0.2) is 17.0 Å². The van der Waals surface area contributed by atoms with E-state index < -0.39 is 5.97 Å². The number of nitrogens with one attached hydrogen (secondary N) is 1. The maximum Gasteiger partial charge on any atom is 0.358 e. The second kappa shape index (κ2) is 8.26. The summed E-state index contributed by atoms with van der Waals surface area (Å²) in [5.41, 5.74) is 2.62. The van der Waals surface area contributed by atoms with Crippen molar-refractivity contribution in [1.29, 1.82) is 0 Å². The van der Waals surface area contributed by atoms with Crippen molar-refractivity contribution in [3.63, 3.8) is 0 Å². The summed E-state index contributed by atoms with van der Waals surface area (Å²) in [6.07, 6.45) is 3.49. The maximum atomic E-state index is 13.0. The van der Waals surface area contributed by atoms with E-state index in [1.807, 2.05) is 26.0 Å². The van der Waals surface area contributed by atoms with Crippen LogP contribution >= 0.6 is 0 Å². The zero-order valence-electron chi connectivity index (χ0n) is 18.8. The van der Waals surface area contributed by atoms with Gasteiger partial charge in [-0.2, -0.15) is 5.10 Å². The maximum absolute atomic E-state index is 13.0. The zero-order chi connectivity index (χ0) is 23.0. The molecule has 3 heterocycles. The molecule has 4 rings (SSSR count). The van der Waals surface area contributed by atoms with Crippen LogP contribution in [-0.4, -0.2) is 34.4 Å². The van der Waals surface area contributed by atoms with Crippen molar-refractivity contribution in [2.24, 2.45) is 5.41 Å². The molecule has 0 spiro atoms. The Morgan fingerprint density at radius 2 is 1.97 bits per heavy atom. The van der Waals surface area contributed by atoms with Gasteiger partial charge < -0.3 is 19.7 Å². The van der Waals surface area contributed by atoms with Crippen LogP contribution in [0, 0.1) is 12.3 Å². The van der Waals surface area contributed by atoms with Gasteiger partial charge in [-0.15, -0.1) is 5.10 Å². The van der Waals surface area contributed by atoms with E-state index in [9.17, 15) is 14.7 Å². The van der Waals surface area contributed by atoms with Crippen LogP contribution in [0.25, 0.3) is 11.0 Å². The average Bonchev–Trinajstić information content (AvgIpc) is 2.74. The van der Waals surface area contributed by atoms with Gasteiger partial charge in [0.05, 0.1) is 23.3 Å². The lowest BCUT2D eigenvalue weighted by molar-refractivity contribution is 0.0690. The predicted octanol–water partition coefficient (Wildman–Crippen LogP) is 4.39. The molecule has 1 aromatic carbocycles. The predicted molar refractivity (Wildman–Crippen MR) is 123 cm³/mol. The molecule has 168 valence electrons. The van der Waals surface area contributed by atoms with E-state index in [0.717, 1.165) is 37.1 Å². The number of rotatable bonds is 5. The van der Waals surface area contributed by atoms with Crippen LogP contribution in [0.5, 0.6) is 0 Å². The number of hydrogen-bond donors (Lipinski definition) is 2. The van der Waals surface area contributed by atoms with Crippen LogP contribution < -0.4 is 15.6 Å². The molecule has 0 amide bonds. The van der Waals surface area contributed by atoms with Gasteiger partial charge in [0.2, 0.25) is 0 Å². The molecule has 2 aromatic heterocycles. The molecule has 0 radical (unpaired) electrons. The number of aryl methyl sites for hydroxylation is 1. The Balaban J connectivity index is 1.75. The van der Waals surface area contributed by atoms with Crippen molar-refractivity contribution in [2.45, 2.75) is 46.6 Å². The van der Waals surface area contributed by atoms with E-state index in [-0.39, 0.29) is 22.6 Å². The first-order chi connectivity index (χ1) is 15.1. The number of benzene rings is 1. The molecule has 8 heteroatoms. The topological polar surface area (TPSA) is 109 Å². The highest BCUT2D eigenvalue weighted by molar-refractivity contribution is 5.92. The first kappa shape index (κ1) is 21.8. The van der Waals surface area contributed by atoms with E-state index in [4.69, 9.17) is 4.42 Å². The summed E-state index contributed by atoms with van der Waals surface area (Å²) >= 11 is 0. The summed E-state index contributed by atoms with van der Waals surface area (Å²) in [6, 6.07) is 6.61. The van der Waals surface area contributed by atoms with Crippen molar-refractivity contribution >= 4 is 28.5 Å². The van der Waals surface area contributed by atoms with Gasteiger partial charge in [0.25, 0.3) is 0 Å². The Labute approximate surface area is 186 Å².